The fourth-order valence-electron chi connectivity index (χ4n) is 2.33. The summed E-state index contributed by atoms with van der Waals surface area (Å²) in [5.41, 5.74) is 0.713. The van der Waals surface area contributed by atoms with E-state index < -0.39 is 5.41 Å². The first-order valence-electron chi connectivity index (χ1n) is 8.81. The summed E-state index contributed by atoms with van der Waals surface area (Å²) < 4.78 is 0. The largest absolute Gasteiger partial charge is 0.372 e. The van der Waals surface area contributed by atoms with Crippen LogP contribution in [-0.2, 0) is 9.59 Å². The van der Waals surface area contributed by atoms with E-state index in [4.69, 9.17) is 0 Å². The molecule has 0 aliphatic rings. The molecule has 0 saturated heterocycles. The summed E-state index contributed by atoms with van der Waals surface area (Å²) in [7, 11) is 0. The molecule has 0 saturated carbocycles. The Morgan fingerprint density at radius 1 is 1.00 bits per heavy atom. The highest BCUT2D eigenvalue weighted by Gasteiger charge is 2.35. The maximum absolute atomic E-state index is 12.5. The third kappa shape index (κ3) is 5.25. The van der Waals surface area contributed by atoms with Crippen molar-refractivity contribution in [1.82, 2.24) is 5.32 Å². The smallest absolute Gasteiger partial charge is 0.239 e. The molecule has 0 radical (unpaired) electrons. The van der Waals surface area contributed by atoms with Crippen LogP contribution in [0.4, 0.5) is 11.4 Å². The van der Waals surface area contributed by atoms with Gasteiger partial charge in [0.1, 0.15) is 5.41 Å². The zero-order chi connectivity index (χ0) is 18.2. The van der Waals surface area contributed by atoms with Crippen molar-refractivity contribution in [2.24, 2.45) is 5.41 Å². The van der Waals surface area contributed by atoms with Gasteiger partial charge in [-0.25, -0.2) is 0 Å². The molecule has 0 spiro atoms. The molecule has 0 atom stereocenters. The van der Waals surface area contributed by atoms with E-state index >= 15 is 0 Å². The van der Waals surface area contributed by atoms with Crippen LogP contribution in [0.25, 0.3) is 0 Å². The first-order chi connectivity index (χ1) is 11.4. The molecule has 2 N–H and O–H groups in total. The average molecular weight is 333 g/mol. The molecule has 5 heteroatoms. The maximum atomic E-state index is 12.5. The molecule has 0 aliphatic carbocycles. The first-order valence-corrected chi connectivity index (χ1v) is 8.81. The minimum atomic E-state index is -1.11. The minimum Gasteiger partial charge on any atom is -0.372 e. The van der Waals surface area contributed by atoms with Crippen molar-refractivity contribution >= 4 is 23.2 Å². The van der Waals surface area contributed by atoms with E-state index in [0.717, 1.165) is 31.6 Å². The van der Waals surface area contributed by atoms with E-state index in [1.807, 2.05) is 24.3 Å². The third-order valence-corrected chi connectivity index (χ3v) is 4.20. The summed E-state index contributed by atoms with van der Waals surface area (Å²) in [4.78, 5) is 26.9. The van der Waals surface area contributed by atoms with Gasteiger partial charge in [-0.05, 0) is 58.4 Å². The van der Waals surface area contributed by atoms with E-state index in [-0.39, 0.29) is 11.8 Å². The predicted octanol–water partition coefficient (Wildman–Crippen LogP) is 3.41. The molecule has 2 amide bonds. The zero-order valence-electron chi connectivity index (χ0n) is 15.6. The minimum absolute atomic E-state index is 0.242. The third-order valence-electron chi connectivity index (χ3n) is 4.20. The summed E-state index contributed by atoms with van der Waals surface area (Å²) in [5, 5.41) is 5.66. The van der Waals surface area contributed by atoms with Crippen LogP contribution in [0, 0.1) is 5.41 Å². The van der Waals surface area contributed by atoms with Gasteiger partial charge in [0.15, 0.2) is 0 Å². The van der Waals surface area contributed by atoms with Gasteiger partial charge >= 0.3 is 0 Å². The number of rotatable bonds is 9. The highest BCUT2D eigenvalue weighted by Crippen LogP contribution is 2.21. The standard InChI is InChI=1S/C19H31N3O2/c1-6-9-14-20-17(23)19(4,5)18(24)21-15-10-12-16(13-11-15)22(7-2)8-3/h10-13H,6-9,14H2,1-5H3,(H,20,23)(H,21,24). The summed E-state index contributed by atoms with van der Waals surface area (Å²) in [6.45, 7) is 12.1. The van der Waals surface area contributed by atoms with Crippen LogP contribution in [0.3, 0.4) is 0 Å². The van der Waals surface area contributed by atoms with Crippen LogP contribution in [0.2, 0.25) is 0 Å². The topological polar surface area (TPSA) is 61.4 Å². The van der Waals surface area contributed by atoms with E-state index in [0.29, 0.717) is 12.2 Å². The van der Waals surface area contributed by atoms with Crippen molar-refractivity contribution in [2.75, 3.05) is 29.9 Å². The summed E-state index contributed by atoms with van der Waals surface area (Å²) in [6, 6.07) is 7.71. The van der Waals surface area contributed by atoms with Crippen molar-refractivity contribution in [1.29, 1.82) is 0 Å². The first kappa shape index (κ1) is 20.0. The number of nitrogens with zero attached hydrogens (tertiary/aromatic N) is 1. The Bertz CT molecular complexity index is 534. The van der Waals surface area contributed by atoms with Crippen molar-refractivity contribution in [3.8, 4) is 0 Å². The normalized spacial score (nSPS) is 11.0. The van der Waals surface area contributed by atoms with Crippen molar-refractivity contribution < 1.29 is 9.59 Å². The number of carbonyl (C=O) groups is 2. The Morgan fingerprint density at radius 2 is 1.58 bits per heavy atom. The molecule has 24 heavy (non-hydrogen) atoms. The van der Waals surface area contributed by atoms with E-state index in [1.165, 1.54) is 0 Å². The van der Waals surface area contributed by atoms with Crippen molar-refractivity contribution in [3.05, 3.63) is 24.3 Å². The molecule has 0 unspecified atom stereocenters. The van der Waals surface area contributed by atoms with E-state index in [1.54, 1.807) is 13.8 Å². The fourth-order valence-corrected chi connectivity index (χ4v) is 2.33. The lowest BCUT2D eigenvalue weighted by Gasteiger charge is -2.24. The molecule has 0 bridgehead atoms. The van der Waals surface area contributed by atoms with Crippen LogP contribution in [-0.4, -0.2) is 31.4 Å². The van der Waals surface area contributed by atoms with Gasteiger partial charge in [-0.1, -0.05) is 13.3 Å². The fraction of sp³-hybridized carbons (Fsp3) is 0.579. The SMILES string of the molecule is CCCCNC(=O)C(C)(C)C(=O)Nc1ccc(N(CC)CC)cc1. The Labute approximate surface area is 145 Å². The number of hydrogen-bond acceptors (Lipinski definition) is 3. The Kier molecular flexibility index (Phi) is 7.75. The molecule has 0 aliphatic heterocycles. The number of amides is 2. The number of anilines is 2. The van der Waals surface area contributed by atoms with Crippen LogP contribution < -0.4 is 15.5 Å². The Morgan fingerprint density at radius 3 is 2.08 bits per heavy atom. The van der Waals surface area contributed by atoms with Crippen LogP contribution >= 0.6 is 0 Å². The lowest BCUT2D eigenvalue weighted by molar-refractivity contribution is -0.138. The Hall–Kier alpha value is -2.04. The highest BCUT2D eigenvalue weighted by molar-refractivity contribution is 6.09. The lowest BCUT2D eigenvalue weighted by Crippen LogP contribution is -2.45. The van der Waals surface area contributed by atoms with Gasteiger partial charge in [0.25, 0.3) is 0 Å². The van der Waals surface area contributed by atoms with Gasteiger partial charge < -0.3 is 15.5 Å². The second kappa shape index (κ2) is 9.30. The summed E-state index contributed by atoms with van der Waals surface area (Å²) in [6.07, 6.45) is 1.92. The molecular formula is C19H31N3O2. The van der Waals surface area contributed by atoms with Crippen molar-refractivity contribution in [2.45, 2.75) is 47.5 Å². The molecule has 0 aromatic heterocycles. The zero-order valence-corrected chi connectivity index (χ0v) is 15.6. The van der Waals surface area contributed by atoms with Crippen LogP contribution in [0.5, 0.6) is 0 Å². The molecule has 1 aromatic carbocycles. The number of unbranched alkanes of at least 4 members (excludes halogenated alkanes) is 1. The van der Waals surface area contributed by atoms with Gasteiger partial charge in [-0.2, -0.15) is 0 Å². The Balaban J connectivity index is 2.70. The summed E-state index contributed by atoms with van der Waals surface area (Å²) >= 11 is 0. The second-order valence-corrected chi connectivity index (χ2v) is 6.41. The monoisotopic (exact) mass is 333 g/mol. The van der Waals surface area contributed by atoms with Gasteiger partial charge in [0.05, 0.1) is 0 Å². The lowest BCUT2D eigenvalue weighted by atomic mass is 9.91. The molecule has 134 valence electrons. The molecule has 0 heterocycles. The summed E-state index contributed by atoms with van der Waals surface area (Å²) in [5.74, 6) is -0.541. The predicted molar refractivity (Wildman–Crippen MR) is 100 cm³/mol. The number of carbonyl (C=O) groups excluding carboxylic acids is 2. The molecular weight excluding hydrogens is 302 g/mol. The van der Waals surface area contributed by atoms with Crippen LogP contribution in [0.15, 0.2) is 24.3 Å². The van der Waals surface area contributed by atoms with Crippen LogP contribution in [0.1, 0.15) is 47.5 Å². The van der Waals surface area contributed by atoms with E-state index in [9.17, 15) is 9.59 Å². The van der Waals surface area contributed by atoms with Gasteiger partial charge in [-0.3, -0.25) is 9.59 Å². The van der Waals surface area contributed by atoms with Gasteiger partial charge in [0.2, 0.25) is 11.8 Å². The van der Waals surface area contributed by atoms with Gasteiger partial charge in [0, 0.05) is 31.0 Å². The molecule has 1 rings (SSSR count). The molecule has 1 aromatic rings. The number of hydrogen-bond donors (Lipinski definition) is 2. The number of nitrogens with one attached hydrogen (secondary N) is 2. The maximum Gasteiger partial charge on any atom is 0.239 e. The van der Waals surface area contributed by atoms with Gasteiger partial charge in [-0.15, -0.1) is 0 Å². The highest BCUT2D eigenvalue weighted by atomic mass is 16.2. The van der Waals surface area contributed by atoms with E-state index in [2.05, 4.69) is 36.3 Å². The van der Waals surface area contributed by atoms with Crippen molar-refractivity contribution in [3.63, 3.8) is 0 Å². The second-order valence-electron chi connectivity index (χ2n) is 6.41. The molecule has 5 nitrogen and oxygen atoms in total. The number of benzene rings is 1. The quantitative estimate of drug-likeness (QED) is 0.538. The molecule has 0 fully saturated rings. The average Bonchev–Trinajstić information content (AvgIpc) is 2.57.